The first-order valence-corrected chi connectivity index (χ1v) is 5.26. The third-order valence-electron chi connectivity index (χ3n) is 2.19. The first-order chi connectivity index (χ1) is 7.09. The Labute approximate surface area is 95.4 Å². The molecule has 1 atom stereocenters. The maximum Gasteiger partial charge on any atom is 0.153 e. The molecule has 1 unspecified atom stereocenters. The molecule has 0 spiro atoms. The molecule has 5 nitrogen and oxygen atoms in total. The highest BCUT2D eigenvalue weighted by atomic mass is 79.9. The molecule has 0 saturated heterocycles. The van der Waals surface area contributed by atoms with Gasteiger partial charge in [-0.1, -0.05) is 5.21 Å². The molecule has 6 heteroatoms. The number of halogens is 1. The molecule has 2 aromatic heterocycles. The summed E-state index contributed by atoms with van der Waals surface area (Å²) in [7, 11) is 1.79. The van der Waals surface area contributed by atoms with Crippen molar-refractivity contribution in [2.45, 2.75) is 13.0 Å². The average molecular weight is 271 g/mol. The van der Waals surface area contributed by atoms with Gasteiger partial charge in [-0.25, -0.2) is 4.68 Å². The van der Waals surface area contributed by atoms with Crippen LogP contribution in [0.3, 0.4) is 0 Å². The van der Waals surface area contributed by atoms with Crippen LogP contribution in [-0.4, -0.2) is 15.0 Å². The minimum atomic E-state index is -0.354. The summed E-state index contributed by atoms with van der Waals surface area (Å²) in [5, 5.41) is 7.75. The highest BCUT2D eigenvalue weighted by Gasteiger charge is 2.20. The quantitative estimate of drug-likeness (QED) is 0.899. The Morgan fingerprint density at radius 3 is 2.73 bits per heavy atom. The van der Waals surface area contributed by atoms with Crippen LogP contribution in [0, 0.1) is 6.92 Å². The van der Waals surface area contributed by atoms with Crippen LogP contribution in [0.5, 0.6) is 0 Å². The van der Waals surface area contributed by atoms with E-state index in [0.29, 0.717) is 10.4 Å². The second-order valence-corrected chi connectivity index (χ2v) is 4.07. The van der Waals surface area contributed by atoms with Gasteiger partial charge >= 0.3 is 0 Å². The fraction of sp³-hybridized carbons (Fsp3) is 0.333. The van der Waals surface area contributed by atoms with Gasteiger partial charge < -0.3 is 10.2 Å². The van der Waals surface area contributed by atoms with E-state index in [2.05, 4.69) is 26.2 Å². The highest BCUT2D eigenvalue weighted by molar-refractivity contribution is 9.10. The van der Waals surface area contributed by atoms with Crippen LogP contribution in [-0.2, 0) is 7.05 Å². The van der Waals surface area contributed by atoms with E-state index in [1.54, 1.807) is 11.7 Å². The van der Waals surface area contributed by atoms with Crippen molar-refractivity contribution in [3.8, 4) is 0 Å². The van der Waals surface area contributed by atoms with Crippen LogP contribution < -0.4 is 5.73 Å². The lowest BCUT2D eigenvalue weighted by molar-refractivity contribution is 0.457. The van der Waals surface area contributed by atoms with Crippen molar-refractivity contribution < 1.29 is 4.42 Å². The molecule has 0 saturated carbocycles. The van der Waals surface area contributed by atoms with Crippen molar-refractivity contribution in [2.24, 2.45) is 12.8 Å². The number of hydrogen-bond acceptors (Lipinski definition) is 4. The molecule has 0 aliphatic carbocycles. The summed E-state index contributed by atoms with van der Waals surface area (Å²) in [5.74, 6) is 1.55. The molecule has 0 aliphatic heterocycles. The standard InChI is InChI=1S/C9H11BrN4O/c1-5-3-4-6(15-5)7(11)8-9(10)12-13-14(8)2/h3-4,7H,11H2,1-2H3. The molecule has 0 aromatic carbocycles. The van der Waals surface area contributed by atoms with Crippen LogP contribution >= 0.6 is 15.9 Å². The van der Waals surface area contributed by atoms with Gasteiger partial charge in [0.05, 0.1) is 5.69 Å². The zero-order chi connectivity index (χ0) is 11.0. The Balaban J connectivity index is 2.40. The monoisotopic (exact) mass is 270 g/mol. The molecule has 0 radical (unpaired) electrons. The molecular weight excluding hydrogens is 260 g/mol. The summed E-state index contributed by atoms with van der Waals surface area (Å²) in [4.78, 5) is 0. The van der Waals surface area contributed by atoms with E-state index in [1.165, 1.54) is 0 Å². The lowest BCUT2D eigenvalue weighted by Gasteiger charge is -2.08. The van der Waals surface area contributed by atoms with E-state index < -0.39 is 0 Å². The predicted molar refractivity (Wildman–Crippen MR) is 58.2 cm³/mol. The summed E-state index contributed by atoms with van der Waals surface area (Å²) < 4.78 is 7.74. The van der Waals surface area contributed by atoms with Gasteiger partial charge in [-0.2, -0.15) is 0 Å². The SMILES string of the molecule is Cc1ccc(C(N)c2c(Br)nnn2C)o1. The van der Waals surface area contributed by atoms with Gasteiger partial charge in [0.15, 0.2) is 4.60 Å². The fourth-order valence-corrected chi connectivity index (χ4v) is 2.00. The Bertz CT molecular complexity index is 457. The number of hydrogen-bond donors (Lipinski definition) is 1. The molecule has 0 bridgehead atoms. The Morgan fingerprint density at radius 1 is 1.53 bits per heavy atom. The zero-order valence-corrected chi connectivity index (χ0v) is 10.0. The highest BCUT2D eigenvalue weighted by Crippen LogP contribution is 2.25. The number of furan rings is 1. The van der Waals surface area contributed by atoms with Crippen molar-refractivity contribution >= 4 is 15.9 Å². The van der Waals surface area contributed by atoms with Gasteiger partial charge in [0.1, 0.15) is 17.6 Å². The van der Waals surface area contributed by atoms with Crippen LogP contribution in [0.4, 0.5) is 0 Å². The first kappa shape index (κ1) is 10.4. The number of nitrogens with zero attached hydrogens (tertiary/aromatic N) is 3. The van der Waals surface area contributed by atoms with Gasteiger partial charge in [-0.3, -0.25) is 0 Å². The topological polar surface area (TPSA) is 69.9 Å². The van der Waals surface area contributed by atoms with Crippen LogP contribution in [0.2, 0.25) is 0 Å². The Morgan fingerprint density at radius 2 is 2.27 bits per heavy atom. The summed E-state index contributed by atoms with van der Waals surface area (Å²) in [6.45, 7) is 1.88. The van der Waals surface area contributed by atoms with Gasteiger partial charge in [0.25, 0.3) is 0 Å². The normalized spacial score (nSPS) is 13.1. The van der Waals surface area contributed by atoms with Crippen molar-refractivity contribution in [3.05, 3.63) is 34.0 Å². The summed E-state index contributed by atoms with van der Waals surface area (Å²) in [5.41, 5.74) is 6.85. The van der Waals surface area contributed by atoms with Crippen molar-refractivity contribution in [2.75, 3.05) is 0 Å². The smallest absolute Gasteiger partial charge is 0.153 e. The average Bonchev–Trinajstić information content (AvgIpc) is 2.73. The number of rotatable bonds is 2. The van der Waals surface area contributed by atoms with E-state index in [9.17, 15) is 0 Å². The predicted octanol–water partition coefficient (Wildman–Crippen LogP) is 1.53. The van der Waals surface area contributed by atoms with Gasteiger partial charge in [-0.15, -0.1) is 5.10 Å². The minimum Gasteiger partial charge on any atom is -0.464 e. The number of aryl methyl sites for hydroxylation is 2. The molecule has 2 N–H and O–H groups in total. The maximum atomic E-state index is 6.05. The molecule has 0 aliphatic rings. The zero-order valence-electron chi connectivity index (χ0n) is 8.44. The van der Waals surface area contributed by atoms with Crippen molar-refractivity contribution in [3.63, 3.8) is 0 Å². The first-order valence-electron chi connectivity index (χ1n) is 4.46. The molecule has 0 amide bonds. The lowest BCUT2D eigenvalue weighted by atomic mass is 10.2. The van der Waals surface area contributed by atoms with Crippen LogP contribution in [0.15, 0.2) is 21.2 Å². The molecule has 15 heavy (non-hydrogen) atoms. The summed E-state index contributed by atoms with van der Waals surface area (Å²) >= 11 is 3.31. The third-order valence-corrected chi connectivity index (χ3v) is 2.75. The van der Waals surface area contributed by atoms with Gasteiger partial charge in [0, 0.05) is 7.05 Å². The molecule has 2 heterocycles. The van der Waals surface area contributed by atoms with E-state index in [-0.39, 0.29) is 6.04 Å². The molecule has 80 valence electrons. The molecule has 0 fully saturated rings. The second kappa shape index (κ2) is 3.79. The molecular formula is C9H11BrN4O. The third kappa shape index (κ3) is 1.82. The van der Waals surface area contributed by atoms with Crippen LogP contribution in [0.1, 0.15) is 23.3 Å². The number of nitrogens with two attached hydrogens (primary N) is 1. The van der Waals surface area contributed by atoms with Gasteiger partial charge in [-0.05, 0) is 35.0 Å². The Hall–Kier alpha value is -1.14. The summed E-state index contributed by atoms with van der Waals surface area (Å²) in [6, 6.07) is 3.39. The van der Waals surface area contributed by atoms with Crippen LogP contribution in [0.25, 0.3) is 0 Å². The van der Waals surface area contributed by atoms with E-state index in [1.807, 2.05) is 19.1 Å². The van der Waals surface area contributed by atoms with E-state index in [4.69, 9.17) is 10.2 Å². The van der Waals surface area contributed by atoms with Crippen molar-refractivity contribution in [1.82, 2.24) is 15.0 Å². The fourth-order valence-electron chi connectivity index (χ4n) is 1.42. The Kier molecular flexibility index (Phi) is 2.62. The van der Waals surface area contributed by atoms with Crippen molar-refractivity contribution in [1.29, 1.82) is 0 Å². The molecule has 2 aromatic rings. The second-order valence-electron chi connectivity index (χ2n) is 3.32. The summed E-state index contributed by atoms with van der Waals surface area (Å²) in [6.07, 6.45) is 0. The van der Waals surface area contributed by atoms with E-state index in [0.717, 1.165) is 11.5 Å². The van der Waals surface area contributed by atoms with Gasteiger partial charge in [0.2, 0.25) is 0 Å². The lowest BCUT2D eigenvalue weighted by Crippen LogP contribution is -2.15. The largest absolute Gasteiger partial charge is 0.464 e. The minimum absolute atomic E-state index is 0.354. The number of aromatic nitrogens is 3. The molecule has 2 rings (SSSR count). The maximum absolute atomic E-state index is 6.05. The van der Waals surface area contributed by atoms with E-state index >= 15 is 0 Å².